The molecule has 4 heteroatoms. The quantitative estimate of drug-likeness (QED) is 0.704. The zero-order valence-electron chi connectivity index (χ0n) is 10.7. The van der Waals surface area contributed by atoms with E-state index in [1.165, 1.54) is 12.1 Å². The van der Waals surface area contributed by atoms with Crippen LogP contribution in [-0.4, -0.2) is 4.98 Å². The van der Waals surface area contributed by atoms with Crippen LogP contribution in [0.25, 0.3) is 22.2 Å². The molecule has 3 aromatic rings. The molecule has 0 aliphatic heterocycles. The predicted molar refractivity (Wildman–Crippen MR) is 82.4 cm³/mol. The van der Waals surface area contributed by atoms with E-state index in [4.69, 9.17) is 0 Å². The van der Waals surface area contributed by atoms with Gasteiger partial charge in [0.05, 0.1) is 15.7 Å². The highest BCUT2D eigenvalue weighted by atomic mass is 79.9. The van der Waals surface area contributed by atoms with Crippen molar-refractivity contribution in [2.24, 2.45) is 0 Å². The molecule has 0 unspecified atom stereocenters. The van der Waals surface area contributed by atoms with E-state index in [-0.39, 0.29) is 5.43 Å². The molecule has 0 saturated heterocycles. The van der Waals surface area contributed by atoms with Crippen LogP contribution in [0.3, 0.4) is 0 Å². The van der Waals surface area contributed by atoms with E-state index in [2.05, 4.69) is 20.9 Å². The van der Waals surface area contributed by atoms with Crippen molar-refractivity contribution in [1.82, 2.24) is 4.98 Å². The van der Waals surface area contributed by atoms with Crippen LogP contribution < -0.4 is 5.43 Å². The molecule has 20 heavy (non-hydrogen) atoms. The minimum atomic E-state index is -0.393. The summed E-state index contributed by atoms with van der Waals surface area (Å²) in [5.74, 6) is -0.393. The molecule has 1 N–H and O–H groups in total. The molecule has 0 atom stereocenters. The summed E-state index contributed by atoms with van der Waals surface area (Å²) in [7, 11) is 0. The number of hydrogen-bond donors (Lipinski definition) is 1. The molecule has 0 amide bonds. The Morgan fingerprint density at radius 1 is 1.15 bits per heavy atom. The standard InChI is InChI=1S/C16H11BrFNO/c1-9-15(10-5-3-2-4-6-10)19-14-8-13(18)12(17)7-11(14)16(9)20/h2-8H,1H3,(H,19,20). The molecule has 0 spiro atoms. The molecular weight excluding hydrogens is 321 g/mol. The van der Waals surface area contributed by atoms with Crippen LogP contribution in [0.15, 0.2) is 51.7 Å². The van der Waals surface area contributed by atoms with Gasteiger partial charge in [-0.3, -0.25) is 4.79 Å². The van der Waals surface area contributed by atoms with E-state index in [9.17, 15) is 9.18 Å². The molecule has 3 rings (SSSR count). The number of aromatic amines is 1. The van der Waals surface area contributed by atoms with Crippen molar-refractivity contribution >= 4 is 26.8 Å². The highest BCUT2D eigenvalue weighted by Gasteiger charge is 2.12. The van der Waals surface area contributed by atoms with Crippen LogP contribution in [0.2, 0.25) is 0 Å². The maximum Gasteiger partial charge on any atom is 0.192 e. The van der Waals surface area contributed by atoms with Gasteiger partial charge in [0.15, 0.2) is 5.43 Å². The molecule has 2 nitrogen and oxygen atoms in total. The maximum atomic E-state index is 13.6. The fourth-order valence-corrected chi connectivity index (χ4v) is 2.62. The summed E-state index contributed by atoms with van der Waals surface area (Å²) in [6.45, 7) is 1.78. The normalized spacial score (nSPS) is 10.9. The molecule has 1 heterocycles. The molecule has 100 valence electrons. The first-order valence-electron chi connectivity index (χ1n) is 6.15. The van der Waals surface area contributed by atoms with Gasteiger partial charge in [0.25, 0.3) is 0 Å². The smallest absolute Gasteiger partial charge is 0.192 e. The Hall–Kier alpha value is -1.94. The lowest BCUT2D eigenvalue weighted by atomic mass is 10.0. The molecular formula is C16H11BrFNO. The van der Waals surface area contributed by atoms with Gasteiger partial charge >= 0.3 is 0 Å². The zero-order valence-corrected chi connectivity index (χ0v) is 12.3. The third-order valence-corrected chi connectivity index (χ3v) is 3.95. The summed E-state index contributed by atoms with van der Waals surface area (Å²) in [5, 5.41) is 0.482. The van der Waals surface area contributed by atoms with Crippen LogP contribution in [0.1, 0.15) is 5.56 Å². The summed E-state index contributed by atoms with van der Waals surface area (Å²) in [6.07, 6.45) is 0. The van der Waals surface area contributed by atoms with E-state index in [0.29, 0.717) is 20.9 Å². The summed E-state index contributed by atoms with van der Waals surface area (Å²) in [5.41, 5.74) is 2.68. The second-order valence-corrected chi connectivity index (χ2v) is 5.49. The first-order chi connectivity index (χ1) is 9.58. The van der Waals surface area contributed by atoms with Gasteiger partial charge in [-0.1, -0.05) is 30.3 Å². The Labute approximate surface area is 123 Å². The van der Waals surface area contributed by atoms with Gasteiger partial charge in [-0.15, -0.1) is 0 Å². The lowest BCUT2D eigenvalue weighted by molar-refractivity contribution is 0.623. The minimum Gasteiger partial charge on any atom is -0.354 e. The third-order valence-electron chi connectivity index (χ3n) is 3.34. The largest absolute Gasteiger partial charge is 0.354 e. The number of pyridine rings is 1. The number of hydrogen-bond acceptors (Lipinski definition) is 1. The Kier molecular flexibility index (Phi) is 3.18. The molecule has 2 aromatic carbocycles. The Morgan fingerprint density at radius 3 is 2.55 bits per heavy atom. The molecule has 1 aromatic heterocycles. The van der Waals surface area contributed by atoms with Gasteiger partial charge in [-0.2, -0.15) is 0 Å². The Bertz CT molecular complexity index is 856. The monoisotopic (exact) mass is 331 g/mol. The minimum absolute atomic E-state index is 0.0849. The van der Waals surface area contributed by atoms with Crippen molar-refractivity contribution < 1.29 is 4.39 Å². The highest BCUT2D eigenvalue weighted by molar-refractivity contribution is 9.10. The Morgan fingerprint density at radius 2 is 1.85 bits per heavy atom. The maximum absolute atomic E-state index is 13.6. The van der Waals surface area contributed by atoms with Crippen molar-refractivity contribution in [3.05, 3.63) is 68.5 Å². The second-order valence-electron chi connectivity index (χ2n) is 4.63. The van der Waals surface area contributed by atoms with Crippen molar-refractivity contribution in [3.8, 4) is 11.3 Å². The average Bonchev–Trinajstić information content (AvgIpc) is 2.46. The van der Waals surface area contributed by atoms with E-state index in [0.717, 1.165) is 11.3 Å². The fraction of sp³-hybridized carbons (Fsp3) is 0.0625. The van der Waals surface area contributed by atoms with Gasteiger partial charge < -0.3 is 4.98 Å². The van der Waals surface area contributed by atoms with Crippen molar-refractivity contribution in [2.45, 2.75) is 6.92 Å². The summed E-state index contributed by atoms with van der Waals surface area (Å²) < 4.78 is 13.9. The fourth-order valence-electron chi connectivity index (χ4n) is 2.28. The molecule has 0 fully saturated rings. The van der Waals surface area contributed by atoms with E-state index in [1.54, 1.807) is 6.92 Å². The van der Waals surface area contributed by atoms with Crippen molar-refractivity contribution in [3.63, 3.8) is 0 Å². The lowest BCUT2D eigenvalue weighted by Gasteiger charge is -2.09. The average molecular weight is 332 g/mol. The first-order valence-corrected chi connectivity index (χ1v) is 6.94. The molecule has 0 saturated carbocycles. The van der Waals surface area contributed by atoms with Crippen LogP contribution in [-0.2, 0) is 0 Å². The van der Waals surface area contributed by atoms with Gasteiger partial charge in [0.2, 0.25) is 0 Å². The van der Waals surface area contributed by atoms with E-state index in [1.807, 2.05) is 30.3 Å². The number of halogens is 2. The first kappa shape index (κ1) is 13.1. The number of nitrogens with one attached hydrogen (secondary N) is 1. The van der Waals surface area contributed by atoms with Crippen LogP contribution in [0, 0.1) is 12.7 Å². The lowest BCUT2D eigenvalue weighted by Crippen LogP contribution is -2.09. The van der Waals surface area contributed by atoms with Gasteiger partial charge in [-0.25, -0.2) is 4.39 Å². The number of H-pyrrole nitrogens is 1. The predicted octanol–water partition coefficient (Wildman–Crippen LogP) is 4.41. The Balaban J connectivity index is 2.39. The van der Waals surface area contributed by atoms with Gasteiger partial charge in [-0.05, 0) is 40.5 Å². The molecule has 0 aliphatic carbocycles. The van der Waals surface area contributed by atoms with Crippen LogP contribution in [0.5, 0.6) is 0 Å². The number of fused-ring (bicyclic) bond motifs is 1. The number of rotatable bonds is 1. The number of benzene rings is 2. The topological polar surface area (TPSA) is 32.9 Å². The van der Waals surface area contributed by atoms with Gasteiger partial charge in [0, 0.05) is 10.9 Å². The third kappa shape index (κ3) is 2.06. The van der Waals surface area contributed by atoms with E-state index < -0.39 is 5.82 Å². The number of aromatic nitrogens is 1. The van der Waals surface area contributed by atoms with Crippen molar-refractivity contribution in [2.75, 3.05) is 0 Å². The van der Waals surface area contributed by atoms with Crippen LogP contribution >= 0.6 is 15.9 Å². The summed E-state index contributed by atoms with van der Waals surface area (Å²) in [4.78, 5) is 15.6. The van der Waals surface area contributed by atoms with Gasteiger partial charge in [0.1, 0.15) is 5.82 Å². The highest BCUT2D eigenvalue weighted by Crippen LogP contribution is 2.25. The summed E-state index contributed by atoms with van der Waals surface area (Å²) in [6, 6.07) is 12.4. The zero-order chi connectivity index (χ0) is 14.3. The second kappa shape index (κ2) is 4.87. The molecule has 0 bridgehead atoms. The molecule has 0 aliphatic rings. The van der Waals surface area contributed by atoms with Crippen LogP contribution in [0.4, 0.5) is 4.39 Å². The molecule has 0 radical (unpaired) electrons. The van der Waals surface area contributed by atoms with E-state index >= 15 is 0 Å². The SMILES string of the molecule is Cc1c(-c2ccccc2)[nH]c2cc(F)c(Br)cc2c1=O. The summed E-state index contributed by atoms with van der Waals surface area (Å²) >= 11 is 3.11. The van der Waals surface area contributed by atoms with Crippen molar-refractivity contribution in [1.29, 1.82) is 0 Å².